The number of carbonyl (C=O) groups excluding carboxylic acids is 1. The maximum absolute atomic E-state index is 13.0. The molecule has 0 bridgehead atoms. The van der Waals surface area contributed by atoms with E-state index in [0.29, 0.717) is 11.6 Å². The third-order valence-electron chi connectivity index (χ3n) is 6.11. The standard InChI is InChI=1S/C22H26N4O2/c1-28-18-4-5-19-17(12-18)13-20(24-19)22(27)25-9-6-16(7-10-25)21-23-8-11-26(21)14-15-2-3-15/h4-5,8,11-13,15-16,24H,2-3,6-7,9-10,14H2,1H3. The summed E-state index contributed by atoms with van der Waals surface area (Å²) < 4.78 is 7.61. The average Bonchev–Trinajstić information content (AvgIpc) is 3.26. The lowest BCUT2D eigenvalue weighted by molar-refractivity contribution is 0.0705. The molecule has 1 aliphatic heterocycles. The van der Waals surface area contributed by atoms with Gasteiger partial charge in [0.15, 0.2) is 0 Å². The number of ether oxygens (including phenoxy) is 1. The first-order valence-corrected chi connectivity index (χ1v) is 10.2. The van der Waals surface area contributed by atoms with E-state index >= 15 is 0 Å². The number of carbonyl (C=O) groups is 1. The molecule has 1 aliphatic carbocycles. The van der Waals surface area contributed by atoms with E-state index in [-0.39, 0.29) is 5.91 Å². The molecule has 2 aliphatic rings. The first kappa shape index (κ1) is 17.3. The fourth-order valence-electron chi connectivity index (χ4n) is 4.28. The molecule has 0 atom stereocenters. The van der Waals surface area contributed by atoms with Gasteiger partial charge in [0.1, 0.15) is 17.3 Å². The number of hydrogen-bond acceptors (Lipinski definition) is 3. The van der Waals surface area contributed by atoms with Crippen LogP contribution in [-0.2, 0) is 6.54 Å². The summed E-state index contributed by atoms with van der Waals surface area (Å²) in [5.74, 6) is 3.37. The van der Waals surface area contributed by atoms with E-state index < -0.39 is 0 Å². The minimum atomic E-state index is 0.0786. The van der Waals surface area contributed by atoms with Crippen molar-refractivity contribution in [1.82, 2.24) is 19.4 Å². The minimum Gasteiger partial charge on any atom is -0.497 e. The number of likely N-dealkylation sites (tertiary alicyclic amines) is 1. The molecule has 2 fully saturated rings. The zero-order chi connectivity index (χ0) is 19.1. The number of hydrogen-bond donors (Lipinski definition) is 1. The monoisotopic (exact) mass is 378 g/mol. The maximum atomic E-state index is 13.0. The van der Waals surface area contributed by atoms with Crippen molar-refractivity contribution in [2.45, 2.75) is 38.1 Å². The van der Waals surface area contributed by atoms with Crippen molar-refractivity contribution >= 4 is 16.8 Å². The van der Waals surface area contributed by atoms with E-state index in [2.05, 4.69) is 20.7 Å². The zero-order valence-corrected chi connectivity index (χ0v) is 16.2. The SMILES string of the molecule is COc1ccc2[nH]c(C(=O)N3CCC(c4nccn4CC4CC4)CC3)cc2c1. The van der Waals surface area contributed by atoms with Gasteiger partial charge < -0.3 is 19.2 Å². The third kappa shape index (κ3) is 3.28. The van der Waals surface area contributed by atoms with Gasteiger partial charge in [0.25, 0.3) is 5.91 Å². The summed E-state index contributed by atoms with van der Waals surface area (Å²) in [6.45, 7) is 2.66. The molecule has 3 heterocycles. The number of piperidine rings is 1. The van der Waals surface area contributed by atoms with Gasteiger partial charge in [-0.2, -0.15) is 0 Å². The summed E-state index contributed by atoms with van der Waals surface area (Å²) in [5, 5.41) is 1.000. The predicted octanol–water partition coefficient (Wildman–Crippen LogP) is 3.80. The van der Waals surface area contributed by atoms with E-state index in [9.17, 15) is 4.79 Å². The van der Waals surface area contributed by atoms with E-state index in [0.717, 1.165) is 55.0 Å². The second-order valence-electron chi connectivity index (χ2n) is 8.08. The number of fused-ring (bicyclic) bond motifs is 1. The third-order valence-corrected chi connectivity index (χ3v) is 6.11. The highest BCUT2D eigenvalue weighted by Gasteiger charge is 2.29. The number of imidazole rings is 1. The van der Waals surface area contributed by atoms with Gasteiger partial charge in [0.05, 0.1) is 7.11 Å². The van der Waals surface area contributed by atoms with Crippen molar-refractivity contribution in [2.24, 2.45) is 5.92 Å². The molecule has 0 radical (unpaired) electrons. The normalized spacial score (nSPS) is 18.0. The molecule has 1 aromatic carbocycles. The number of rotatable bonds is 5. The van der Waals surface area contributed by atoms with Crippen LogP contribution in [0.15, 0.2) is 36.7 Å². The Balaban J connectivity index is 1.26. The van der Waals surface area contributed by atoms with Crippen molar-refractivity contribution in [3.05, 3.63) is 48.2 Å². The Morgan fingerprint density at radius 1 is 1.21 bits per heavy atom. The molecule has 5 rings (SSSR count). The fraction of sp³-hybridized carbons (Fsp3) is 0.455. The van der Waals surface area contributed by atoms with E-state index in [1.165, 1.54) is 18.7 Å². The smallest absolute Gasteiger partial charge is 0.270 e. The largest absolute Gasteiger partial charge is 0.497 e. The Hall–Kier alpha value is -2.76. The molecule has 146 valence electrons. The highest BCUT2D eigenvalue weighted by Crippen LogP contribution is 2.33. The Morgan fingerprint density at radius 3 is 2.79 bits per heavy atom. The molecule has 0 unspecified atom stereocenters. The second kappa shape index (κ2) is 7.00. The molecule has 3 aromatic rings. The molecular weight excluding hydrogens is 352 g/mol. The summed E-state index contributed by atoms with van der Waals surface area (Å²) in [6.07, 6.45) is 8.68. The number of nitrogens with one attached hydrogen (secondary N) is 1. The number of H-pyrrole nitrogens is 1. The van der Waals surface area contributed by atoms with Gasteiger partial charge in [0, 0.05) is 48.8 Å². The van der Waals surface area contributed by atoms with Crippen molar-refractivity contribution < 1.29 is 9.53 Å². The van der Waals surface area contributed by atoms with Gasteiger partial charge in [0.2, 0.25) is 0 Å². The number of methoxy groups -OCH3 is 1. The van der Waals surface area contributed by atoms with Crippen LogP contribution in [0.3, 0.4) is 0 Å². The van der Waals surface area contributed by atoms with Crippen LogP contribution in [0.5, 0.6) is 5.75 Å². The van der Waals surface area contributed by atoms with Crippen LogP contribution in [0.2, 0.25) is 0 Å². The molecule has 6 heteroatoms. The lowest BCUT2D eigenvalue weighted by Crippen LogP contribution is -2.38. The van der Waals surface area contributed by atoms with Crippen molar-refractivity contribution in [1.29, 1.82) is 0 Å². The Morgan fingerprint density at radius 2 is 2.04 bits per heavy atom. The maximum Gasteiger partial charge on any atom is 0.270 e. The van der Waals surface area contributed by atoms with Crippen molar-refractivity contribution in [3.63, 3.8) is 0 Å². The Labute approximate surface area is 164 Å². The van der Waals surface area contributed by atoms with E-state index in [1.54, 1.807) is 7.11 Å². The first-order valence-electron chi connectivity index (χ1n) is 10.2. The van der Waals surface area contributed by atoms with Crippen molar-refractivity contribution in [2.75, 3.05) is 20.2 Å². The number of amides is 1. The van der Waals surface area contributed by atoms with Gasteiger partial charge in [-0.15, -0.1) is 0 Å². The molecule has 1 N–H and O–H groups in total. The topological polar surface area (TPSA) is 63.2 Å². The lowest BCUT2D eigenvalue weighted by Gasteiger charge is -2.31. The Bertz CT molecular complexity index is 993. The summed E-state index contributed by atoms with van der Waals surface area (Å²) in [4.78, 5) is 22.8. The molecule has 1 amide bonds. The molecule has 28 heavy (non-hydrogen) atoms. The first-order chi connectivity index (χ1) is 13.7. The van der Waals surface area contributed by atoms with Gasteiger partial charge in [-0.05, 0) is 55.9 Å². The zero-order valence-electron chi connectivity index (χ0n) is 16.2. The fourth-order valence-corrected chi connectivity index (χ4v) is 4.28. The van der Waals surface area contributed by atoms with Gasteiger partial charge in [-0.25, -0.2) is 4.98 Å². The summed E-state index contributed by atoms with van der Waals surface area (Å²) in [7, 11) is 1.65. The van der Waals surface area contributed by atoms with Crippen LogP contribution in [0.4, 0.5) is 0 Å². The van der Waals surface area contributed by atoms with E-state index in [1.807, 2.05) is 35.4 Å². The summed E-state index contributed by atoms with van der Waals surface area (Å²) in [6, 6.07) is 7.74. The predicted molar refractivity (Wildman–Crippen MR) is 108 cm³/mol. The summed E-state index contributed by atoms with van der Waals surface area (Å²) >= 11 is 0. The van der Waals surface area contributed by atoms with Crippen molar-refractivity contribution in [3.8, 4) is 5.75 Å². The number of aromatic nitrogens is 3. The molecule has 1 saturated carbocycles. The quantitative estimate of drug-likeness (QED) is 0.734. The van der Waals surface area contributed by atoms with Crippen LogP contribution in [-0.4, -0.2) is 45.5 Å². The molecule has 0 spiro atoms. The molecular formula is C22H26N4O2. The van der Waals surface area contributed by atoms with Crippen LogP contribution in [0, 0.1) is 5.92 Å². The van der Waals surface area contributed by atoms with Crippen LogP contribution < -0.4 is 4.74 Å². The lowest BCUT2D eigenvalue weighted by atomic mass is 9.95. The minimum absolute atomic E-state index is 0.0786. The number of nitrogens with zero attached hydrogens (tertiary/aromatic N) is 3. The van der Waals surface area contributed by atoms with Gasteiger partial charge in [-0.3, -0.25) is 4.79 Å². The van der Waals surface area contributed by atoms with Crippen LogP contribution in [0.25, 0.3) is 10.9 Å². The van der Waals surface area contributed by atoms with E-state index in [4.69, 9.17) is 4.74 Å². The highest BCUT2D eigenvalue weighted by atomic mass is 16.5. The highest BCUT2D eigenvalue weighted by molar-refractivity contribution is 5.98. The molecule has 6 nitrogen and oxygen atoms in total. The number of aromatic amines is 1. The summed E-state index contributed by atoms with van der Waals surface area (Å²) in [5.41, 5.74) is 1.61. The van der Waals surface area contributed by atoms with Gasteiger partial charge in [-0.1, -0.05) is 0 Å². The molecule has 2 aromatic heterocycles. The van der Waals surface area contributed by atoms with Crippen LogP contribution in [0.1, 0.15) is 47.9 Å². The Kier molecular flexibility index (Phi) is 4.34. The van der Waals surface area contributed by atoms with Crippen LogP contribution >= 0.6 is 0 Å². The molecule has 1 saturated heterocycles. The number of benzene rings is 1. The average molecular weight is 378 g/mol. The second-order valence-corrected chi connectivity index (χ2v) is 8.08. The van der Waals surface area contributed by atoms with Gasteiger partial charge >= 0.3 is 0 Å².